The fourth-order valence-corrected chi connectivity index (χ4v) is 7.88. The molecular formula is C31H38N4O5S. The summed E-state index contributed by atoms with van der Waals surface area (Å²) in [6.07, 6.45) is 3.73. The van der Waals surface area contributed by atoms with Crippen LogP contribution >= 0.6 is 0 Å². The molecule has 1 fully saturated rings. The van der Waals surface area contributed by atoms with Gasteiger partial charge >= 0.3 is 0 Å². The second-order valence-electron chi connectivity index (χ2n) is 11.4. The van der Waals surface area contributed by atoms with E-state index in [4.69, 9.17) is 14.2 Å². The van der Waals surface area contributed by atoms with Crippen LogP contribution < -0.4 is 0 Å². The van der Waals surface area contributed by atoms with Crippen LogP contribution in [0.2, 0.25) is 0 Å². The van der Waals surface area contributed by atoms with E-state index in [1.807, 2.05) is 75.4 Å². The van der Waals surface area contributed by atoms with E-state index in [-0.39, 0.29) is 22.9 Å². The smallest absolute Gasteiger partial charge is 0.272 e. The molecule has 2 aliphatic rings. The van der Waals surface area contributed by atoms with E-state index in [1.54, 1.807) is 12.1 Å². The zero-order chi connectivity index (χ0) is 29.1. The molecular weight excluding hydrogens is 540 g/mol. The Balaban J connectivity index is 1.51. The highest BCUT2D eigenvalue weighted by Crippen LogP contribution is 2.50. The fourth-order valence-electron chi connectivity index (χ4n) is 6.12. The largest absolute Gasteiger partial charge is 0.376 e. The molecule has 9 nitrogen and oxygen atoms in total. The Bertz CT molecular complexity index is 1490. The third-order valence-electron chi connectivity index (χ3n) is 8.22. The maximum absolute atomic E-state index is 14.1. The number of sulfone groups is 1. The van der Waals surface area contributed by atoms with Crippen LogP contribution in [0, 0.1) is 11.3 Å². The number of ether oxygens (including phenoxy) is 3. The van der Waals surface area contributed by atoms with E-state index in [0.29, 0.717) is 31.9 Å². The Morgan fingerprint density at radius 1 is 1.12 bits per heavy atom. The second-order valence-corrected chi connectivity index (χ2v) is 13.3. The van der Waals surface area contributed by atoms with Gasteiger partial charge in [0, 0.05) is 11.3 Å². The SMILES string of the molecule is C=CC[C@]1(COCc2ccccc2)CCC([C@@H]2COC(C)(C)O2)=C(C)[C@@H]1CS(=O)(=O)c1nnnn1-c1ccccc1. The van der Waals surface area contributed by atoms with Gasteiger partial charge in [0.1, 0.15) is 6.10 Å². The van der Waals surface area contributed by atoms with Crippen LogP contribution in [0.3, 0.4) is 0 Å². The summed E-state index contributed by atoms with van der Waals surface area (Å²) in [4.78, 5) is 0. The van der Waals surface area contributed by atoms with E-state index in [1.165, 1.54) is 4.68 Å². The predicted octanol–water partition coefficient (Wildman–Crippen LogP) is 5.09. The summed E-state index contributed by atoms with van der Waals surface area (Å²) in [5.74, 6) is -1.24. The summed E-state index contributed by atoms with van der Waals surface area (Å²) < 4.78 is 47.9. The molecule has 0 amide bonds. The average Bonchev–Trinajstić information content (AvgIpc) is 3.60. The summed E-state index contributed by atoms with van der Waals surface area (Å²) in [5, 5.41) is 11.5. The summed E-state index contributed by atoms with van der Waals surface area (Å²) in [5.41, 5.74) is 3.25. The van der Waals surface area contributed by atoms with Gasteiger partial charge in [-0.3, -0.25) is 0 Å². The van der Waals surface area contributed by atoms with Crippen LogP contribution in [0.5, 0.6) is 0 Å². The molecule has 0 unspecified atom stereocenters. The molecule has 218 valence electrons. The van der Waals surface area contributed by atoms with Gasteiger partial charge in [0.05, 0.1) is 31.3 Å². The molecule has 0 radical (unpaired) electrons. The van der Waals surface area contributed by atoms with Crippen molar-refractivity contribution in [2.75, 3.05) is 19.0 Å². The normalized spacial score (nSPS) is 24.5. The number of aromatic nitrogens is 4. The molecule has 1 saturated heterocycles. The van der Waals surface area contributed by atoms with Crippen molar-refractivity contribution in [2.45, 2.75) is 63.7 Å². The molecule has 0 N–H and O–H groups in total. The van der Waals surface area contributed by atoms with E-state index in [0.717, 1.165) is 29.6 Å². The van der Waals surface area contributed by atoms with Crippen molar-refractivity contribution in [3.63, 3.8) is 0 Å². The molecule has 2 heterocycles. The predicted molar refractivity (Wildman–Crippen MR) is 155 cm³/mol. The highest BCUT2D eigenvalue weighted by Gasteiger charge is 2.48. The standard InChI is InChI=1S/C31H38N4O5S/c1-5-17-31(22-38-19-24-12-8-6-9-13-24)18-16-26(28-20-39-30(3,4)40-28)23(2)27(31)21-41(36,37)29-32-33-34-35(29)25-14-10-7-11-15-25/h5-15,27-28H,1,16-22H2,2-4H3/t27-,28-,31+/m0/s1. The topological polar surface area (TPSA) is 105 Å². The van der Waals surface area contributed by atoms with Gasteiger partial charge in [0.2, 0.25) is 9.84 Å². The summed E-state index contributed by atoms with van der Waals surface area (Å²) in [6.45, 7) is 11.1. The Morgan fingerprint density at radius 3 is 2.49 bits per heavy atom. The number of benzene rings is 2. The quantitative estimate of drug-likeness (QED) is 0.290. The Morgan fingerprint density at radius 2 is 1.83 bits per heavy atom. The summed E-state index contributed by atoms with van der Waals surface area (Å²) in [7, 11) is -3.93. The molecule has 41 heavy (non-hydrogen) atoms. The molecule has 10 heteroatoms. The highest BCUT2D eigenvalue weighted by atomic mass is 32.2. The minimum absolute atomic E-state index is 0.172. The lowest BCUT2D eigenvalue weighted by atomic mass is 9.63. The summed E-state index contributed by atoms with van der Waals surface area (Å²) in [6, 6.07) is 19.0. The maximum Gasteiger partial charge on any atom is 0.272 e. The van der Waals surface area contributed by atoms with Crippen LogP contribution in [-0.4, -0.2) is 59.5 Å². The number of tetrazole rings is 1. The number of rotatable bonds is 11. The first-order valence-corrected chi connectivity index (χ1v) is 15.6. The first-order chi connectivity index (χ1) is 19.6. The van der Waals surface area contributed by atoms with Gasteiger partial charge in [0.15, 0.2) is 5.79 Å². The van der Waals surface area contributed by atoms with E-state index >= 15 is 0 Å². The van der Waals surface area contributed by atoms with Gasteiger partial charge in [-0.05, 0) is 73.7 Å². The minimum Gasteiger partial charge on any atom is -0.376 e. The maximum atomic E-state index is 14.1. The molecule has 3 aromatic rings. The third kappa shape index (κ3) is 6.35. The lowest BCUT2D eigenvalue weighted by molar-refractivity contribution is -0.135. The number of hydrogen-bond acceptors (Lipinski definition) is 8. The van der Waals surface area contributed by atoms with Crippen molar-refractivity contribution in [3.8, 4) is 5.69 Å². The minimum atomic E-state index is -3.93. The van der Waals surface area contributed by atoms with Crippen LogP contribution in [0.25, 0.3) is 5.69 Å². The molecule has 0 bridgehead atoms. The Hall–Kier alpha value is -3.18. The van der Waals surface area contributed by atoms with Gasteiger partial charge in [0.25, 0.3) is 5.16 Å². The number of para-hydroxylation sites is 1. The van der Waals surface area contributed by atoms with Crippen molar-refractivity contribution in [2.24, 2.45) is 11.3 Å². The van der Waals surface area contributed by atoms with Gasteiger partial charge < -0.3 is 14.2 Å². The van der Waals surface area contributed by atoms with Crippen molar-refractivity contribution in [1.82, 2.24) is 20.2 Å². The lowest BCUT2D eigenvalue weighted by Gasteiger charge is -2.45. The van der Waals surface area contributed by atoms with Crippen molar-refractivity contribution in [3.05, 3.63) is 90.0 Å². The zero-order valence-electron chi connectivity index (χ0n) is 23.9. The molecule has 0 spiro atoms. The second kappa shape index (κ2) is 12.0. The van der Waals surface area contributed by atoms with Crippen LogP contribution in [0.4, 0.5) is 0 Å². The van der Waals surface area contributed by atoms with Crippen LogP contribution in [0.1, 0.15) is 45.6 Å². The van der Waals surface area contributed by atoms with Gasteiger partial charge in [-0.2, -0.15) is 4.68 Å². The highest BCUT2D eigenvalue weighted by molar-refractivity contribution is 7.91. The molecule has 5 rings (SSSR count). The van der Waals surface area contributed by atoms with Gasteiger partial charge in [-0.25, -0.2) is 8.42 Å². The first kappa shape index (κ1) is 29.3. The fraction of sp³-hybridized carbons (Fsp3) is 0.452. The van der Waals surface area contributed by atoms with Gasteiger partial charge in [-0.1, -0.05) is 65.3 Å². The number of allylic oxidation sites excluding steroid dienone is 2. The monoisotopic (exact) mass is 578 g/mol. The van der Waals surface area contributed by atoms with Crippen molar-refractivity contribution < 1.29 is 22.6 Å². The Labute approximate surface area is 242 Å². The molecule has 1 aliphatic heterocycles. The van der Waals surface area contributed by atoms with E-state index in [9.17, 15) is 8.42 Å². The number of nitrogens with zero attached hydrogens (tertiary/aromatic N) is 4. The van der Waals surface area contributed by atoms with Gasteiger partial charge in [-0.15, -0.1) is 6.58 Å². The number of hydrogen-bond donors (Lipinski definition) is 0. The zero-order valence-corrected chi connectivity index (χ0v) is 24.7. The van der Waals surface area contributed by atoms with Crippen molar-refractivity contribution >= 4 is 9.84 Å². The molecule has 0 saturated carbocycles. The van der Waals surface area contributed by atoms with Crippen molar-refractivity contribution in [1.29, 1.82) is 0 Å². The molecule has 1 aliphatic carbocycles. The third-order valence-corrected chi connectivity index (χ3v) is 9.80. The van der Waals surface area contributed by atoms with Crippen LogP contribution in [0.15, 0.2) is 89.6 Å². The van der Waals surface area contributed by atoms with Crippen LogP contribution in [-0.2, 0) is 30.7 Å². The average molecular weight is 579 g/mol. The first-order valence-electron chi connectivity index (χ1n) is 13.9. The van der Waals surface area contributed by atoms with E-state index < -0.39 is 21.0 Å². The van der Waals surface area contributed by atoms with E-state index in [2.05, 4.69) is 22.1 Å². The molecule has 3 atom stereocenters. The Kier molecular flexibility index (Phi) is 8.56. The molecule has 2 aromatic carbocycles. The molecule has 1 aromatic heterocycles. The summed E-state index contributed by atoms with van der Waals surface area (Å²) >= 11 is 0. The lowest BCUT2D eigenvalue weighted by Crippen LogP contribution is -2.44.